The number of hydrogen-bond acceptors (Lipinski definition) is 4. The van der Waals surface area contributed by atoms with E-state index in [0.29, 0.717) is 16.8 Å². The van der Waals surface area contributed by atoms with Gasteiger partial charge in [-0.2, -0.15) is 0 Å². The highest BCUT2D eigenvalue weighted by Gasteiger charge is 2.27. The maximum Gasteiger partial charge on any atom is 0.257 e. The van der Waals surface area contributed by atoms with Gasteiger partial charge in [0.15, 0.2) is 0 Å². The molecule has 152 valence electrons. The van der Waals surface area contributed by atoms with Crippen LogP contribution in [0.3, 0.4) is 0 Å². The van der Waals surface area contributed by atoms with Gasteiger partial charge in [-0.1, -0.05) is 18.9 Å². The van der Waals surface area contributed by atoms with Crippen molar-refractivity contribution >= 4 is 17.5 Å². The van der Waals surface area contributed by atoms with E-state index in [1.807, 2.05) is 17.0 Å². The third-order valence-electron chi connectivity index (χ3n) is 5.40. The largest absolute Gasteiger partial charge is 0.332 e. The van der Waals surface area contributed by atoms with Crippen molar-refractivity contribution in [2.24, 2.45) is 0 Å². The Bertz CT molecular complexity index is 1010. The van der Waals surface area contributed by atoms with E-state index in [9.17, 15) is 9.59 Å². The van der Waals surface area contributed by atoms with Crippen LogP contribution in [0.5, 0.6) is 0 Å². The summed E-state index contributed by atoms with van der Waals surface area (Å²) in [5, 5.41) is 2.85. The van der Waals surface area contributed by atoms with Crippen molar-refractivity contribution in [2.75, 3.05) is 11.9 Å². The standard InChI is InChI=1S/C24H24N4O2/c29-23(20-7-5-12-26-17-20)27-21-8-4-6-19(16-21)24(30)28-15-3-1-2-9-22(28)18-10-13-25-14-11-18/h4-8,10-14,16-17,22H,1-3,9,15H2,(H,27,29). The average molecular weight is 400 g/mol. The van der Waals surface area contributed by atoms with Gasteiger partial charge in [-0.25, -0.2) is 0 Å². The third-order valence-corrected chi connectivity index (χ3v) is 5.40. The summed E-state index contributed by atoms with van der Waals surface area (Å²) in [6.07, 6.45) is 10.8. The fourth-order valence-electron chi connectivity index (χ4n) is 3.88. The molecule has 3 heterocycles. The molecule has 0 saturated carbocycles. The fraction of sp³-hybridized carbons (Fsp3) is 0.250. The number of nitrogens with zero attached hydrogens (tertiary/aromatic N) is 3. The Morgan fingerprint density at radius 1 is 0.900 bits per heavy atom. The lowest BCUT2D eigenvalue weighted by Gasteiger charge is -2.30. The van der Waals surface area contributed by atoms with Crippen LogP contribution in [0.15, 0.2) is 73.3 Å². The van der Waals surface area contributed by atoms with Crippen molar-refractivity contribution in [1.82, 2.24) is 14.9 Å². The van der Waals surface area contributed by atoms with Gasteiger partial charge in [0.2, 0.25) is 0 Å². The van der Waals surface area contributed by atoms with Crippen molar-refractivity contribution in [3.63, 3.8) is 0 Å². The van der Waals surface area contributed by atoms with Crippen molar-refractivity contribution in [3.8, 4) is 0 Å². The molecule has 0 spiro atoms. The van der Waals surface area contributed by atoms with Gasteiger partial charge in [0.1, 0.15) is 0 Å². The maximum atomic E-state index is 13.4. The normalized spacial score (nSPS) is 16.5. The topological polar surface area (TPSA) is 75.2 Å². The fourth-order valence-corrected chi connectivity index (χ4v) is 3.88. The van der Waals surface area contributed by atoms with Gasteiger partial charge in [0.25, 0.3) is 11.8 Å². The minimum absolute atomic E-state index is 0.0174. The number of hydrogen-bond donors (Lipinski definition) is 1. The summed E-state index contributed by atoms with van der Waals surface area (Å²) < 4.78 is 0. The smallest absolute Gasteiger partial charge is 0.257 e. The second-order valence-electron chi connectivity index (χ2n) is 7.42. The summed E-state index contributed by atoms with van der Waals surface area (Å²) in [5.41, 5.74) is 2.74. The summed E-state index contributed by atoms with van der Waals surface area (Å²) >= 11 is 0. The molecule has 6 nitrogen and oxygen atoms in total. The first-order chi connectivity index (χ1) is 14.7. The van der Waals surface area contributed by atoms with E-state index in [0.717, 1.165) is 37.8 Å². The molecule has 0 bridgehead atoms. The molecule has 1 unspecified atom stereocenters. The number of rotatable bonds is 4. The van der Waals surface area contributed by atoms with Crippen LogP contribution in [-0.2, 0) is 0 Å². The molecule has 1 aliphatic heterocycles. The Hall–Kier alpha value is -3.54. The van der Waals surface area contributed by atoms with Crippen LogP contribution in [0, 0.1) is 0 Å². The highest BCUT2D eigenvalue weighted by molar-refractivity contribution is 6.05. The van der Waals surface area contributed by atoms with E-state index >= 15 is 0 Å². The Labute approximate surface area is 176 Å². The first-order valence-corrected chi connectivity index (χ1v) is 10.2. The minimum Gasteiger partial charge on any atom is -0.332 e. The Balaban J connectivity index is 1.56. The van der Waals surface area contributed by atoms with E-state index in [2.05, 4.69) is 15.3 Å². The highest BCUT2D eigenvalue weighted by atomic mass is 16.2. The summed E-state index contributed by atoms with van der Waals surface area (Å²) in [6, 6.07) is 14.6. The van der Waals surface area contributed by atoms with Crippen molar-refractivity contribution < 1.29 is 9.59 Å². The van der Waals surface area contributed by atoms with Crippen LogP contribution in [0.1, 0.15) is 58.0 Å². The van der Waals surface area contributed by atoms with Crippen LogP contribution in [0.25, 0.3) is 0 Å². The number of carbonyl (C=O) groups is 2. The predicted octanol–water partition coefficient (Wildman–Crippen LogP) is 4.49. The molecular weight excluding hydrogens is 376 g/mol. The Kier molecular flexibility index (Phi) is 6.13. The molecule has 3 aromatic rings. The second kappa shape index (κ2) is 9.31. The molecule has 1 fully saturated rings. The lowest BCUT2D eigenvalue weighted by Crippen LogP contribution is -2.34. The third kappa shape index (κ3) is 4.54. The van der Waals surface area contributed by atoms with E-state index in [1.54, 1.807) is 55.0 Å². The number of amides is 2. The molecule has 4 rings (SSSR count). The van der Waals surface area contributed by atoms with Crippen molar-refractivity contribution in [2.45, 2.75) is 31.7 Å². The lowest BCUT2D eigenvalue weighted by atomic mass is 10.0. The molecule has 2 amide bonds. The van der Waals surface area contributed by atoms with E-state index in [4.69, 9.17) is 0 Å². The molecule has 0 radical (unpaired) electrons. The summed E-state index contributed by atoms with van der Waals surface area (Å²) in [7, 11) is 0. The zero-order valence-electron chi connectivity index (χ0n) is 16.7. The number of carbonyl (C=O) groups excluding carboxylic acids is 2. The van der Waals surface area contributed by atoms with Crippen LogP contribution in [0.2, 0.25) is 0 Å². The summed E-state index contributed by atoms with van der Waals surface area (Å²) in [4.78, 5) is 35.9. The minimum atomic E-state index is -0.253. The monoisotopic (exact) mass is 400 g/mol. The highest BCUT2D eigenvalue weighted by Crippen LogP contribution is 2.31. The molecule has 1 saturated heterocycles. The van der Waals surface area contributed by atoms with Gasteiger partial charge in [-0.05, 0) is 60.9 Å². The van der Waals surface area contributed by atoms with E-state index in [-0.39, 0.29) is 17.9 Å². The second-order valence-corrected chi connectivity index (χ2v) is 7.42. The van der Waals surface area contributed by atoms with Gasteiger partial charge in [0.05, 0.1) is 11.6 Å². The van der Waals surface area contributed by atoms with E-state index < -0.39 is 0 Å². The number of benzene rings is 1. The molecule has 1 N–H and O–H groups in total. The number of aromatic nitrogens is 2. The molecule has 6 heteroatoms. The number of anilines is 1. The number of nitrogens with one attached hydrogen (secondary N) is 1. The van der Waals surface area contributed by atoms with E-state index in [1.165, 1.54) is 6.20 Å². The van der Waals surface area contributed by atoms with Gasteiger partial charge >= 0.3 is 0 Å². The lowest BCUT2D eigenvalue weighted by molar-refractivity contribution is 0.0680. The molecule has 1 aromatic carbocycles. The van der Waals surface area contributed by atoms with Crippen LogP contribution >= 0.6 is 0 Å². The molecule has 1 atom stereocenters. The Morgan fingerprint density at radius 3 is 2.53 bits per heavy atom. The predicted molar refractivity (Wildman–Crippen MR) is 115 cm³/mol. The van der Waals surface area contributed by atoms with Gasteiger partial charge in [-0.15, -0.1) is 0 Å². The van der Waals surface area contributed by atoms with Gasteiger partial charge < -0.3 is 10.2 Å². The molecule has 0 aliphatic carbocycles. The first kappa shape index (κ1) is 19.8. The molecule has 2 aromatic heterocycles. The number of pyridine rings is 2. The van der Waals surface area contributed by atoms with Gasteiger partial charge in [0, 0.05) is 42.6 Å². The van der Waals surface area contributed by atoms with Gasteiger partial charge in [-0.3, -0.25) is 19.6 Å². The van der Waals surface area contributed by atoms with Crippen LogP contribution in [0.4, 0.5) is 5.69 Å². The van der Waals surface area contributed by atoms with Crippen molar-refractivity contribution in [3.05, 3.63) is 90.0 Å². The first-order valence-electron chi connectivity index (χ1n) is 10.2. The molecule has 1 aliphatic rings. The summed E-state index contributed by atoms with van der Waals surface area (Å²) in [5.74, 6) is -0.270. The SMILES string of the molecule is O=C(Nc1cccc(C(=O)N2CCCCCC2c2ccncc2)c1)c1cccnc1. The zero-order chi connectivity index (χ0) is 20.8. The van der Waals surface area contributed by atoms with Crippen LogP contribution in [-0.4, -0.2) is 33.2 Å². The maximum absolute atomic E-state index is 13.4. The molecular formula is C24H24N4O2. The summed E-state index contributed by atoms with van der Waals surface area (Å²) in [6.45, 7) is 0.720. The quantitative estimate of drug-likeness (QED) is 0.700. The molecule has 30 heavy (non-hydrogen) atoms. The zero-order valence-corrected chi connectivity index (χ0v) is 16.7. The Morgan fingerprint density at radius 2 is 1.73 bits per heavy atom. The van der Waals surface area contributed by atoms with Crippen molar-refractivity contribution in [1.29, 1.82) is 0 Å². The number of likely N-dealkylation sites (tertiary alicyclic amines) is 1. The van der Waals surface area contributed by atoms with Crippen LogP contribution < -0.4 is 5.32 Å². The average Bonchev–Trinajstić information content (AvgIpc) is 3.06.